The van der Waals surface area contributed by atoms with E-state index < -0.39 is 0 Å². The Kier molecular flexibility index (Phi) is 3.65. The van der Waals surface area contributed by atoms with Gasteiger partial charge in [0.1, 0.15) is 0 Å². The molecule has 0 aliphatic rings. The Balaban J connectivity index is 1.72. The fraction of sp³-hybridized carbons (Fsp3) is 0. The minimum absolute atomic E-state index is 1.12. The van der Waals surface area contributed by atoms with Gasteiger partial charge in [-0.25, -0.2) is 0 Å². The lowest BCUT2D eigenvalue weighted by atomic mass is 10.1. The second-order valence-corrected chi connectivity index (χ2v) is 7.25. The van der Waals surface area contributed by atoms with Gasteiger partial charge in [-0.2, -0.15) is 0 Å². The molecule has 0 bridgehead atoms. The van der Waals surface area contributed by atoms with Gasteiger partial charge in [0.2, 0.25) is 0 Å². The Morgan fingerprint density at radius 1 is 0.538 bits per heavy atom. The molecule has 0 aliphatic carbocycles. The second-order valence-electron chi connectivity index (χ2n) is 6.40. The van der Waals surface area contributed by atoms with Crippen molar-refractivity contribution < 1.29 is 0 Å². The van der Waals surface area contributed by atoms with Crippen LogP contribution in [0.15, 0.2) is 102 Å². The maximum absolute atomic E-state index is 3.65. The third kappa shape index (κ3) is 2.38. The average Bonchev–Trinajstić information content (AvgIpc) is 3.03. The predicted octanol–water partition coefficient (Wildman–Crippen LogP) is 7.21. The van der Waals surface area contributed by atoms with Gasteiger partial charge in [0.25, 0.3) is 0 Å². The van der Waals surface area contributed by atoms with Crippen LogP contribution in [0.3, 0.4) is 0 Å². The first-order valence-electron chi connectivity index (χ1n) is 8.66. The molecular formula is C24H16BrN. The van der Waals surface area contributed by atoms with E-state index in [0.717, 1.165) is 4.47 Å². The van der Waals surface area contributed by atoms with Crippen LogP contribution in [0.1, 0.15) is 0 Å². The van der Waals surface area contributed by atoms with Crippen molar-refractivity contribution in [1.29, 1.82) is 0 Å². The topological polar surface area (TPSA) is 4.93 Å². The van der Waals surface area contributed by atoms with Gasteiger partial charge < -0.3 is 4.57 Å². The first kappa shape index (κ1) is 15.4. The van der Waals surface area contributed by atoms with Gasteiger partial charge in [-0.05, 0) is 41.5 Å². The second kappa shape index (κ2) is 6.15. The third-order valence-electron chi connectivity index (χ3n) is 4.89. The lowest BCUT2D eigenvalue weighted by Crippen LogP contribution is -1.93. The minimum Gasteiger partial charge on any atom is -0.309 e. The molecule has 26 heavy (non-hydrogen) atoms. The van der Waals surface area contributed by atoms with Crippen LogP contribution in [-0.2, 0) is 0 Å². The summed E-state index contributed by atoms with van der Waals surface area (Å²) in [5.74, 6) is 0. The molecule has 1 nitrogen and oxygen atoms in total. The van der Waals surface area contributed by atoms with E-state index in [4.69, 9.17) is 0 Å². The van der Waals surface area contributed by atoms with E-state index in [9.17, 15) is 0 Å². The summed E-state index contributed by atoms with van der Waals surface area (Å²) >= 11 is 3.65. The highest BCUT2D eigenvalue weighted by Crippen LogP contribution is 2.33. The van der Waals surface area contributed by atoms with Crippen LogP contribution in [0.4, 0.5) is 0 Å². The maximum Gasteiger partial charge on any atom is 0.0541 e. The number of hydrogen-bond donors (Lipinski definition) is 0. The summed E-state index contributed by atoms with van der Waals surface area (Å²) < 4.78 is 3.46. The van der Waals surface area contributed by atoms with Gasteiger partial charge in [-0.3, -0.25) is 0 Å². The highest BCUT2D eigenvalue weighted by Gasteiger charge is 2.11. The molecule has 2 heteroatoms. The molecule has 4 aromatic carbocycles. The first-order chi connectivity index (χ1) is 12.8. The van der Waals surface area contributed by atoms with Crippen LogP contribution < -0.4 is 0 Å². The van der Waals surface area contributed by atoms with Crippen LogP contribution in [-0.4, -0.2) is 4.57 Å². The van der Waals surface area contributed by atoms with Crippen molar-refractivity contribution in [3.05, 3.63) is 102 Å². The third-order valence-corrected chi connectivity index (χ3v) is 5.58. The summed E-state index contributed by atoms with van der Waals surface area (Å²) in [6.07, 6.45) is 0. The fourth-order valence-corrected chi connectivity index (χ4v) is 4.20. The minimum atomic E-state index is 1.12. The van der Waals surface area contributed by atoms with E-state index in [1.807, 2.05) is 6.07 Å². The van der Waals surface area contributed by atoms with E-state index in [1.54, 1.807) is 0 Å². The summed E-state index contributed by atoms with van der Waals surface area (Å²) in [6.45, 7) is 0. The fourth-order valence-electron chi connectivity index (χ4n) is 3.69. The molecule has 1 heterocycles. The number of nitrogens with zero attached hydrogens (tertiary/aromatic N) is 1. The van der Waals surface area contributed by atoms with Gasteiger partial charge in [0.05, 0.1) is 11.0 Å². The average molecular weight is 398 g/mol. The molecule has 0 aliphatic heterocycles. The molecule has 0 fully saturated rings. The molecule has 5 aromatic rings. The Hall–Kier alpha value is -2.84. The number of para-hydroxylation sites is 2. The van der Waals surface area contributed by atoms with Crippen molar-refractivity contribution in [3.8, 4) is 16.8 Å². The zero-order chi connectivity index (χ0) is 17.5. The van der Waals surface area contributed by atoms with Gasteiger partial charge in [0, 0.05) is 20.9 Å². The highest BCUT2D eigenvalue weighted by molar-refractivity contribution is 9.10. The Morgan fingerprint density at radius 2 is 1.08 bits per heavy atom. The molecule has 5 rings (SSSR count). The van der Waals surface area contributed by atoms with Gasteiger partial charge in [0.15, 0.2) is 0 Å². The SMILES string of the molecule is Brc1ccccc1-c1ccc(-n2c3ccccc3c3ccccc32)cc1. The summed E-state index contributed by atoms with van der Waals surface area (Å²) in [5, 5.41) is 2.58. The van der Waals surface area contributed by atoms with Gasteiger partial charge >= 0.3 is 0 Å². The van der Waals surface area contributed by atoms with Crippen LogP contribution in [0.2, 0.25) is 0 Å². The molecule has 124 valence electrons. The largest absolute Gasteiger partial charge is 0.309 e. The lowest BCUT2D eigenvalue weighted by molar-refractivity contribution is 1.18. The first-order valence-corrected chi connectivity index (χ1v) is 9.46. The molecule has 1 aromatic heterocycles. The molecule has 0 radical (unpaired) electrons. The van der Waals surface area contributed by atoms with E-state index in [0.29, 0.717) is 0 Å². The van der Waals surface area contributed by atoms with Crippen LogP contribution in [0, 0.1) is 0 Å². The predicted molar refractivity (Wildman–Crippen MR) is 114 cm³/mol. The standard InChI is InChI=1S/C24H16BrN/c25-22-10-4-1-7-19(22)17-13-15-18(16-14-17)26-23-11-5-2-8-20(23)21-9-3-6-12-24(21)26/h1-16H. The quantitative estimate of drug-likeness (QED) is 0.296. The number of benzene rings is 4. The molecule has 0 atom stereocenters. The Bertz CT molecular complexity index is 1180. The van der Waals surface area contributed by atoms with E-state index in [2.05, 4.69) is 111 Å². The number of halogens is 1. The van der Waals surface area contributed by atoms with Crippen molar-refractivity contribution in [2.75, 3.05) is 0 Å². The summed E-state index contributed by atoms with van der Waals surface area (Å²) in [7, 11) is 0. The highest BCUT2D eigenvalue weighted by atomic mass is 79.9. The van der Waals surface area contributed by atoms with Gasteiger partial charge in [-0.1, -0.05) is 82.7 Å². The van der Waals surface area contributed by atoms with Crippen molar-refractivity contribution in [2.24, 2.45) is 0 Å². The number of rotatable bonds is 2. The molecule has 0 saturated carbocycles. The summed E-state index contributed by atoms with van der Waals surface area (Å²) in [5.41, 5.74) is 6.08. The van der Waals surface area contributed by atoms with Crippen molar-refractivity contribution in [1.82, 2.24) is 4.57 Å². The molecule has 0 amide bonds. The van der Waals surface area contributed by atoms with Crippen LogP contribution in [0.5, 0.6) is 0 Å². The zero-order valence-corrected chi connectivity index (χ0v) is 15.6. The zero-order valence-electron chi connectivity index (χ0n) is 14.1. The molecular weight excluding hydrogens is 382 g/mol. The van der Waals surface area contributed by atoms with E-state index in [1.165, 1.54) is 38.6 Å². The van der Waals surface area contributed by atoms with Crippen molar-refractivity contribution in [3.63, 3.8) is 0 Å². The van der Waals surface area contributed by atoms with Crippen LogP contribution in [0.25, 0.3) is 38.6 Å². The molecule has 0 spiro atoms. The normalized spacial score (nSPS) is 11.3. The lowest BCUT2D eigenvalue weighted by Gasteiger charge is -2.10. The summed E-state index contributed by atoms with van der Waals surface area (Å²) in [4.78, 5) is 0. The van der Waals surface area contributed by atoms with Gasteiger partial charge in [-0.15, -0.1) is 0 Å². The van der Waals surface area contributed by atoms with E-state index in [-0.39, 0.29) is 0 Å². The molecule has 0 unspecified atom stereocenters. The number of hydrogen-bond acceptors (Lipinski definition) is 0. The molecule has 0 saturated heterocycles. The number of aromatic nitrogens is 1. The molecule has 0 N–H and O–H groups in total. The van der Waals surface area contributed by atoms with Crippen molar-refractivity contribution >= 4 is 37.7 Å². The smallest absolute Gasteiger partial charge is 0.0541 e. The summed E-state index contributed by atoms with van der Waals surface area (Å²) in [6, 6.07) is 34.3. The Labute approximate surface area is 160 Å². The monoisotopic (exact) mass is 397 g/mol. The Morgan fingerprint density at radius 3 is 1.69 bits per heavy atom. The number of fused-ring (bicyclic) bond motifs is 3. The van der Waals surface area contributed by atoms with Crippen LogP contribution >= 0.6 is 15.9 Å². The maximum atomic E-state index is 3.65. The van der Waals surface area contributed by atoms with E-state index >= 15 is 0 Å². The van der Waals surface area contributed by atoms with Crippen molar-refractivity contribution in [2.45, 2.75) is 0 Å².